The van der Waals surface area contributed by atoms with Crippen LogP contribution in [0.2, 0.25) is 0 Å². The monoisotopic (exact) mass is 487 g/mol. The molecule has 0 bridgehead atoms. The van der Waals surface area contributed by atoms with Crippen molar-refractivity contribution in [2.24, 2.45) is 0 Å². The van der Waals surface area contributed by atoms with E-state index in [1.165, 1.54) is 15.9 Å². The van der Waals surface area contributed by atoms with Crippen molar-refractivity contribution >= 4 is 31.7 Å². The maximum Gasteiger partial charge on any atom is 0.469 e. The van der Waals surface area contributed by atoms with E-state index in [0.29, 0.717) is 18.6 Å². The minimum atomic E-state index is -4.31. The van der Waals surface area contributed by atoms with Gasteiger partial charge in [-0.2, -0.15) is 0 Å². The standard InChI is InChI=1S/C18H15P.C8H20NO4P/c1-4-10-16(11-5-1)19(17-12-6-2-7-13-17)18-14-8-3-9-15-18;1-7(2)9(8(3)4)5-6-13-14(10,11)12/h1-15H;7-8H,5-6H2,1-4H3,(H2,10,11,12). The molecule has 0 aromatic heterocycles. The van der Waals surface area contributed by atoms with Crippen LogP contribution in [0.25, 0.3) is 0 Å². The Morgan fingerprint density at radius 3 is 1.33 bits per heavy atom. The first-order valence-electron chi connectivity index (χ1n) is 11.1. The average molecular weight is 488 g/mol. The van der Waals surface area contributed by atoms with Gasteiger partial charge in [0.2, 0.25) is 0 Å². The van der Waals surface area contributed by atoms with Gasteiger partial charge >= 0.3 is 7.82 Å². The topological polar surface area (TPSA) is 70.0 Å². The molecular formula is C26H35NO4P2. The van der Waals surface area contributed by atoms with E-state index in [-0.39, 0.29) is 6.61 Å². The summed E-state index contributed by atoms with van der Waals surface area (Å²) in [5.41, 5.74) is 0. The van der Waals surface area contributed by atoms with Crippen LogP contribution < -0.4 is 15.9 Å². The molecule has 0 radical (unpaired) electrons. The van der Waals surface area contributed by atoms with Gasteiger partial charge in [0, 0.05) is 18.6 Å². The lowest BCUT2D eigenvalue weighted by Crippen LogP contribution is -2.39. The second kappa shape index (κ2) is 13.8. The highest BCUT2D eigenvalue weighted by Crippen LogP contribution is 2.35. The molecular weight excluding hydrogens is 452 g/mol. The SMILES string of the molecule is CC(C)N(CCOP(=O)(O)O)C(C)C.c1ccc(P(c2ccccc2)c2ccccc2)cc1. The maximum absolute atomic E-state index is 10.4. The Labute approximate surface area is 199 Å². The Bertz CT molecular complexity index is 861. The summed E-state index contributed by atoms with van der Waals surface area (Å²) < 4.78 is 14.8. The molecule has 178 valence electrons. The normalized spacial score (nSPS) is 11.7. The first-order valence-corrected chi connectivity index (χ1v) is 14.0. The van der Waals surface area contributed by atoms with Crippen molar-refractivity contribution in [1.29, 1.82) is 0 Å². The fraction of sp³-hybridized carbons (Fsp3) is 0.308. The maximum atomic E-state index is 10.4. The van der Waals surface area contributed by atoms with Crippen molar-refractivity contribution < 1.29 is 18.9 Å². The first-order chi connectivity index (χ1) is 15.7. The van der Waals surface area contributed by atoms with Gasteiger partial charge in [-0.25, -0.2) is 4.57 Å². The van der Waals surface area contributed by atoms with E-state index in [9.17, 15) is 4.57 Å². The van der Waals surface area contributed by atoms with Crippen LogP contribution in [-0.4, -0.2) is 39.9 Å². The molecule has 3 rings (SSSR count). The second-order valence-corrected chi connectivity index (χ2v) is 11.6. The third-order valence-corrected chi connectivity index (χ3v) is 7.94. The minimum absolute atomic E-state index is 0.0562. The van der Waals surface area contributed by atoms with Crippen LogP contribution in [0.15, 0.2) is 91.0 Å². The zero-order valence-electron chi connectivity index (χ0n) is 19.8. The summed E-state index contributed by atoms with van der Waals surface area (Å²) in [6.45, 7) is 8.74. The lowest BCUT2D eigenvalue weighted by molar-refractivity contribution is 0.122. The molecule has 0 saturated heterocycles. The second-order valence-electron chi connectivity index (χ2n) is 8.09. The van der Waals surface area contributed by atoms with Crippen LogP contribution >= 0.6 is 15.7 Å². The molecule has 33 heavy (non-hydrogen) atoms. The Hall–Kier alpha value is -1.84. The quantitative estimate of drug-likeness (QED) is 0.430. The molecule has 0 atom stereocenters. The Morgan fingerprint density at radius 2 is 1.06 bits per heavy atom. The van der Waals surface area contributed by atoms with E-state index in [4.69, 9.17) is 9.79 Å². The fourth-order valence-electron chi connectivity index (χ4n) is 3.56. The van der Waals surface area contributed by atoms with Gasteiger partial charge in [-0.05, 0) is 51.5 Å². The number of nitrogens with zero attached hydrogens (tertiary/aromatic N) is 1. The van der Waals surface area contributed by atoms with Crippen LogP contribution in [0.3, 0.4) is 0 Å². The number of rotatable bonds is 9. The van der Waals surface area contributed by atoms with Crippen molar-refractivity contribution in [3.8, 4) is 0 Å². The van der Waals surface area contributed by atoms with Crippen LogP contribution in [-0.2, 0) is 9.09 Å². The lowest BCUT2D eigenvalue weighted by atomic mass is 10.2. The molecule has 0 saturated carbocycles. The molecule has 0 fully saturated rings. The molecule has 0 unspecified atom stereocenters. The van der Waals surface area contributed by atoms with Gasteiger partial charge in [-0.15, -0.1) is 0 Å². The number of hydrogen-bond donors (Lipinski definition) is 2. The molecule has 5 nitrogen and oxygen atoms in total. The van der Waals surface area contributed by atoms with Gasteiger partial charge in [0.25, 0.3) is 0 Å². The van der Waals surface area contributed by atoms with Gasteiger partial charge in [-0.1, -0.05) is 91.0 Å². The minimum Gasteiger partial charge on any atom is -0.303 e. The zero-order chi connectivity index (χ0) is 24.3. The van der Waals surface area contributed by atoms with E-state index in [0.717, 1.165) is 0 Å². The highest BCUT2D eigenvalue weighted by atomic mass is 31.2. The molecule has 0 aliphatic heterocycles. The molecule has 0 aliphatic rings. The van der Waals surface area contributed by atoms with Gasteiger partial charge < -0.3 is 9.79 Å². The number of hydrogen-bond acceptors (Lipinski definition) is 3. The highest BCUT2D eigenvalue weighted by Gasteiger charge is 2.17. The van der Waals surface area contributed by atoms with E-state index >= 15 is 0 Å². The largest absolute Gasteiger partial charge is 0.469 e. The summed E-state index contributed by atoms with van der Waals surface area (Å²) >= 11 is 0. The smallest absolute Gasteiger partial charge is 0.303 e. The zero-order valence-corrected chi connectivity index (χ0v) is 21.6. The van der Waals surface area contributed by atoms with Crippen molar-refractivity contribution in [2.45, 2.75) is 39.8 Å². The van der Waals surface area contributed by atoms with Crippen molar-refractivity contribution in [1.82, 2.24) is 4.90 Å². The molecule has 7 heteroatoms. The number of phosphoric ester groups is 1. The Morgan fingerprint density at radius 1 is 0.727 bits per heavy atom. The molecule has 3 aromatic rings. The third-order valence-electron chi connectivity index (χ3n) is 4.98. The first kappa shape index (κ1) is 27.4. The summed E-state index contributed by atoms with van der Waals surface area (Å²) in [6, 6.07) is 33.0. The van der Waals surface area contributed by atoms with Crippen molar-refractivity contribution in [3.63, 3.8) is 0 Å². The van der Waals surface area contributed by atoms with E-state index < -0.39 is 15.7 Å². The van der Waals surface area contributed by atoms with E-state index in [1.807, 2.05) is 27.7 Å². The lowest BCUT2D eigenvalue weighted by Gasteiger charge is -2.30. The summed E-state index contributed by atoms with van der Waals surface area (Å²) in [5, 5.41) is 4.19. The predicted octanol–water partition coefficient (Wildman–Crippen LogP) is 4.66. The fourth-order valence-corrected chi connectivity index (χ4v) is 6.18. The third kappa shape index (κ3) is 9.90. The van der Waals surface area contributed by atoms with E-state index in [1.54, 1.807) is 0 Å². The predicted molar refractivity (Wildman–Crippen MR) is 140 cm³/mol. The molecule has 3 aromatic carbocycles. The van der Waals surface area contributed by atoms with Crippen molar-refractivity contribution in [3.05, 3.63) is 91.0 Å². The van der Waals surface area contributed by atoms with Crippen LogP contribution in [0.1, 0.15) is 27.7 Å². The summed E-state index contributed by atoms with van der Waals surface area (Å²) in [5.74, 6) is 0. The van der Waals surface area contributed by atoms with Gasteiger partial charge in [0.05, 0.1) is 6.61 Å². The molecule has 2 N–H and O–H groups in total. The number of benzene rings is 3. The Kier molecular flexibility index (Phi) is 11.4. The van der Waals surface area contributed by atoms with Gasteiger partial charge in [-0.3, -0.25) is 9.42 Å². The molecule has 0 aliphatic carbocycles. The van der Waals surface area contributed by atoms with Gasteiger partial charge in [0.1, 0.15) is 0 Å². The molecule has 0 spiro atoms. The van der Waals surface area contributed by atoms with Crippen LogP contribution in [0.5, 0.6) is 0 Å². The summed E-state index contributed by atoms with van der Waals surface area (Å²) in [4.78, 5) is 19.1. The Balaban J connectivity index is 0.000000248. The van der Waals surface area contributed by atoms with E-state index in [2.05, 4.69) is 100 Å². The molecule has 0 amide bonds. The number of phosphoric acid groups is 1. The van der Waals surface area contributed by atoms with Crippen LogP contribution in [0.4, 0.5) is 0 Å². The summed E-state index contributed by atoms with van der Waals surface area (Å²) in [7, 11) is -4.76. The highest BCUT2D eigenvalue weighted by molar-refractivity contribution is 7.79. The van der Waals surface area contributed by atoms with Crippen molar-refractivity contribution in [2.75, 3.05) is 13.2 Å². The van der Waals surface area contributed by atoms with Gasteiger partial charge in [0.15, 0.2) is 0 Å². The molecule has 0 heterocycles. The average Bonchev–Trinajstić information content (AvgIpc) is 2.78. The van der Waals surface area contributed by atoms with Crippen LogP contribution in [0, 0.1) is 0 Å². The summed E-state index contributed by atoms with van der Waals surface area (Å²) in [6.07, 6.45) is 0.